The molecule has 0 unspecified atom stereocenters. The Morgan fingerprint density at radius 2 is 2.00 bits per heavy atom. The molecular weight excluding hydrogens is 260 g/mol. The number of hydrogen-bond acceptors (Lipinski definition) is 5. The standard InChI is InChI=1S/C13H8N4O3/c14-6-8-4-5-9(15-7-8)12(18)17-11-3-1-2-10(16-11)13(19)20/h1-5,7H,(H,19,20)(H,16,17,18). The van der Waals surface area contributed by atoms with Crippen LogP contribution in [-0.4, -0.2) is 27.0 Å². The number of pyridine rings is 2. The predicted molar refractivity (Wildman–Crippen MR) is 68.1 cm³/mol. The van der Waals surface area contributed by atoms with Crippen molar-refractivity contribution in [2.75, 3.05) is 5.32 Å². The van der Waals surface area contributed by atoms with Crippen molar-refractivity contribution >= 4 is 17.7 Å². The number of nitriles is 1. The average molecular weight is 268 g/mol. The minimum Gasteiger partial charge on any atom is -0.477 e. The fourth-order valence-corrected chi connectivity index (χ4v) is 1.40. The number of aromatic carboxylic acids is 1. The van der Waals surface area contributed by atoms with E-state index in [2.05, 4.69) is 15.3 Å². The van der Waals surface area contributed by atoms with E-state index in [1.54, 1.807) is 0 Å². The highest BCUT2D eigenvalue weighted by atomic mass is 16.4. The van der Waals surface area contributed by atoms with Crippen LogP contribution in [0.2, 0.25) is 0 Å². The van der Waals surface area contributed by atoms with E-state index in [4.69, 9.17) is 10.4 Å². The molecule has 7 heteroatoms. The van der Waals surface area contributed by atoms with E-state index in [-0.39, 0.29) is 17.2 Å². The molecule has 98 valence electrons. The molecule has 0 saturated heterocycles. The van der Waals surface area contributed by atoms with Gasteiger partial charge in [-0.25, -0.2) is 14.8 Å². The van der Waals surface area contributed by atoms with Crippen molar-refractivity contribution in [3.63, 3.8) is 0 Å². The van der Waals surface area contributed by atoms with Crippen LogP contribution in [0.25, 0.3) is 0 Å². The number of nitrogens with zero attached hydrogens (tertiary/aromatic N) is 3. The molecule has 0 radical (unpaired) electrons. The number of amides is 1. The van der Waals surface area contributed by atoms with Crippen LogP contribution in [0.15, 0.2) is 36.5 Å². The zero-order chi connectivity index (χ0) is 14.5. The van der Waals surface area contributed by atoms with Crippen molar-refractivity contribution in [2.24, 2.45) is 0 Å². The summed E-state index contributed by atoms with van der Waals surface area (Å²) in [6, 6.07) is 9.00. The summed E-state index contributed by atoms with van der Waals surface area (Å²) in [4.78, 5) is 30.2. The Morgan fingerprint density at radius 3 is 2.60 bits per heavy atom. The Balaban J connectivity index is 2.17. The maximum absolute atomic E-state index is 11.9. The van der Waals surface area contributed by atoms with Gasteiger partial charge in [0.1, 0.15) is 17.6 Å². The monoisotopic (exact) mass is 268 g/mol. The van der Waals surface area contributed by atoms with Crippen LogP contribution in [0.5, 0.6) is 0 Å². The summed E-state index contributed by atoms with van der Waals surface area (Å²) < 4.78 is 0. The van der Waals surface area contributed by atoms with Crippen LogP contribution in [0, 0.1) is 11.3 Å². The van der Waals surface area contributed by atoms with Crippen LogP contribution >= 0.6 is 0 Å². The largest absolute Gasteiger partial charge is 0.477 e. The number of aromatic nitrogens is 2. The normalized spacial score (nSPS) is 9.55. The molecule has 7 nitrogen and oxygen atoms in total. The minimum atomic E-state index is -1.18. The molecule has 0 bridgehead atoms. The Morgan fingerprint density at radius 1 is 1.20 bits per heavy atom. The van der Waals surface area contributed by atoms with Gasteiger partial charge in [-0.15, -0.1) is 0 Å². The molecule has 2 heterocycles. The molecule has 0 fully saturated rings. The lowest BCUT2D eigenvalue weighted by atomic mass is 10.2. The van der Waals surface area contributed by atoms with Gasteiger partial charge in [-0.05, 0) is 24.3 Å². The molecule has 0 saturated carbocycles. The Kier molecular flexibility index (Phi) is 3.67. The molecule has 2 aromatic rings. The summed E-state index contributed by atoms with van der Waals surface area (Å²) in [7, 11) is 0. The lowest BCUT2D eigenvalue weighted by Crippen LogP contribution is -2.15. The Bertz CT molecular complexity index is 704. The van der Waals surface area contributed by atoms with E-state index in [9.17, 15) is 9.59 Å². The van der Waals surface area contributed by atoms with Crippen molar-refractivity contribution in [3.05, 3.63) is 53.5 Å². The maximum Gasteiger partial charge on any atom is 0.354 e. The number of anilines is 1. The van der Waals surface area contributed by atoms with Crippen molar-refractivity contribution < 1.29 is 14.7 Å². The van der Waals surface area contributed by atoms with Crippen molar-refractivity contribution in [2.45, 2.75) is 0 Å². The summed E-state index contributed by atoms with van der Waals surface area (Å²) in [5.41, 5.74) is 0.273. The number of hydrogen-bond donors (Lipinski definition) is 2. The van der Waals surface area contributed by atoms with E-state index in [0.717, 1.165) is 0 Å². The van der Waals surface area contributed by atoms with Gasteiger partial charge < -0.3 is 10.4 Å². The molecule has 0 aliphatic heterocycles. The summed E-state index contributed by atoms with van der Waals surface area (Å²) in [6.07, 6.45) is 1.27. The molecule has 1 amide bonds. The van der Waals surface area contributed by atoms with Crippen LogP contribution in [-0.2, 0) is 0 Å². The molecule has 2 aromatic heterocycles. The maximum atomic E-state index is 11.9. The molecule has 2 N–H and O–H groups in total. The first-order valence-corrected chi connectivity index (χ1v) is 5.48. The fraction of sp³-hybridized carbons (Fsp3) is 0. The summed E-state index contributed by atoms with van der Waals surface area (Å²) in [5, 5.41) is 19.9. The van der Waals surface area contributed by atoms with Gasteiger partial charge in [0, 0.05) is 6.20 Å². The van der Waals surface area contributed by atoms with Gasteiger partial charge in [0.05, 0.1) is 5.56 Å². The van der Waals surface area contributed by atoms with E-state index in [0.29, 0.717) is 5.56 Å². The molecule has 0 aliphatic rings. The smallest absolute Gasteiger partial charge is 0.354 e. The zero-order valence-corrected chi connectivity index (χ0v) is 10.1. The van der Waals surface area contributed by atoms with Gasteiger partial charge in [0.25, 0.3) is 5.91 Å². The number of carboxylic acids is 1. The van der Waals surface area contributed by atoms with Crippen molar-refractivity contribution in [1.82, 2.24) is 9.97 Å². The molecule has 2 rings (SSSR count). The van der Waals surface area contributed by atoms with Gasteiger partial charge >= 0.3 is 5.97 Å². The third kappa shape index (κ3) is 2.94. The number of carboxylic acid groups (broad SMARTS) is 1. The molecule has 0 aliphatic carbocycles. The summed E-state index contributed by atoms with van der Waals surface area (Å²) in [5.74, 6) is -1.61. The first-order chi connectivity index (χ1) is 9.60. The van der Waals surface area contributed by atoms with E-state index in [1.807, 2.05) is 6.07 Å². The number of carbonyl (C=O) groups excluding carboxylic acids is 1. The van der Waals surface area contributed by atoms with Gasteiger partial charge in [0.15, 0.2) is 5.69 Å². The highest BCUT2D eigenvalue weighted by Crippen LogP contribution is 2.07. The molecule has 0 spiro atoms. The van der Waals surface area contributed by atoms with E-state index >= 15 is 0 Å². The third-order valence-electron chi connectivity index (χ3n) is 2.34. The topological polar surface area (TPSA) is 116 Å². The fourth-order valence-electron chi connectivity index (χ4n) is 1.40. The van der Waals surface area contributed by atoms with Crippen LogP contribution in [0.4, 0.5) is 5.82 Å². The highest BCUT2D eigenvalue weighted by molar-refractivity contribution is 6.02. The van der Waals surface area contributed by atoms with Gasteiger partial charge in [-0.2, -0.15) is 5.26 Å². The lowest BCUT2D eigenvalue weighted by Gasteiger charge is -2.04. The minimum absolute atomic E-state index is 0.103. The third-order valence-corrected chi connectivity index (χ3v) is 2.34. The molecular formula is C13H8N4O3. The first-order valence-electron chi connectivity index (χ1n) is 5.48. The van der Waals surface area contributed by atoms with Crippen molar-refractivity contribution in [3.8, 4) is 6.07 Å². The van der Waals surface area contributed by atoms with Crippen LogP contribution < -0.4 is 5.32 Å². The zero-order valence-electron chi connectivity index (χ0n) is 10.1. The van der Waals surface area contributed by atoms with Crippen LogP contribution in [0.3, 0.4) is 0 Å². The molecule has 0 atom stereocenters. The SMILES string of the molecule is N#Cc1ccc(C(=O)Nc2cccc(C(=O)O)n2)nc1. The van der Waals surface area contributed by atoms with Gasteiger partial charge in [-0.1, -0.05) is 6.07 Å². The highest BCUT2D eigenvalue weighted by Gasteiger charge is 2.10. The second-order valence-corrected chi connectivity index (χ2v) is 3.71. The predicted octanol–water partition coefficient (Wildman–Crippen LogP) is 1.30. The first kappa shape index (κ1) is 13.2. The second kappa shape index (κ2) is 5.58. The average Bonchev–Trinajstić information content (AvgIpc) is 2.47. The summed E-state index contributed by atoms with van der Waals surface area (Å²) in [6.45, 7) is 0. The Labute approximate surface area is 113 Å². The Hall–Kier alpha value is -3.27. The molecule has 0 aromatic carbocycles. The van der Waals surface area contributed by atoms with Gasteiger partial charge in [0.2, 0.25) is 0 Å². The second-order valence-electron chi connectivity index (χ2n) is 3.71. The van der Waals surface area contributed by atoms with Crippen molar-refractivity contribution in [1.29, 1.82) is 5.26 Å². The van der Waals surface area contributed by atoms with E-state index < -0.39 is 11.9 Å². The number of carbonyl (C=O) groups is 2. The number of nitrogens with one attached hydrogen (secondary N) is 1. The summed E-state index contributed by atoms with van der Waals surface area (Å²) >= 11 is 0. The quantitative estimate of drug-likeness (QED) is 0.866. The lowest BCUT2D eigenvalue weighted by molar-refractivity contribution is 0.0690. The molecule has 20 heavy (non-hydrogen) atoms. The van der Waals surface area contributed by atoms with E-state index in [1.165, 1.54) is 36.5 Å². The van der Waals surface area contributed by atoms with Gasteiger partial charge in [-0.3, -0.25) is 4.79 Å². The van der Waals surface area contributed by atoms with Crippen LogP contribution in [0.1, 0.15) is 26.5 Å². The number of rotatable bonds is 3.